The molecule has 1 aromatic heterocycles. The van der Waals surface area contributed by atoms with Gasteiger partial charge in [-0.15, -0.1) is 0 Å². The lowest BCUT2D eigenvalue weighted by Gasteiger charge is -2.32. The normalized spacial score (nSPS) is 14.8. The molecule has 7 heteroatoms. The molecule has 1 aliphatic heterocycles. The summed E-state index contributed by atoms with van der Waals surface area (Å²) in [6, 6.07) is 17.7. The molecular formula is C22H25N5O2. The fraction of sp³-hybridized carbons (Fsp3) is 0.318. The first kappa shape index (κ1) is 19.0. The first-order chi connectivity index (χ1) is 14.0. The standard InChI is InChI=1S/C22H25N5O2/c1-25(2)22(29)26-14-12-16(13-15-26)20(28)24-21-23-18-10-6-7-11-19(18)27(21)17-8-4-3-5-9-17/h3-11,16H,12-15H2,1-2H3,(H,23,24,28). The molecule has 0 atom stereocenters. The second-order valence-corrected chi connectivity index (χ2v) is 7.52. The SMILES string of the molecule is CN(C)C(=O)N1CCC(C(=O)Nc2nc3ccccc3n2-c2ccccc2)CC1. The van der Waals surface area contributed by atoms with Gasteiger partial charge in [0.1, 0.15) is 0 Å². The fourth-order valence-corrected chi connectivity index (χ4v) is 3.78. The average molecular weight is 391 g/mol. The molecule has 3 amide bonds. The largest absolute Gasteiger partial charge is 0.331 e. The van der Waals surface area contributed by atoms with E-state index >= 15 is 0 Å². The van der Waals surface area contributed by atoms with Crippen molar-refractivity contribution in [3.8, 4) is 5.69 Å². The summed E-state index contributed by atoms with van der Waals surface area (Å²) in [5, 5.41) is 3.03. The van der Waals surface area contributed by atoms with Crippen LogP contribution in [-0.2, 0) is 4.79 Å². The van der Waals surface area contributed by atoms with Crippen LogP contribution in [0.5, 0.6) is 0 Å². The number of fused-ring (bicyclic) bond motifs is 1. The lowest BCUT2D eigenvalue weighted by atomic mass is 9.96. The number of amides is 3. The zero-order chi connectivity index (χ0) is 20.4. The molecule has 29 heavy (non-hydrogen) atoms. The van der Waals surface area contributed by atoms with Crippen LogP contribution >= 0.6 is 0 Å². The van der Waals surface area contributed by atoms with Crippen LogP contribution in [0.25, 0.3) is 16.7 Å². The van der Waals surface area contributed by atoms with E-state index in [-0.39, 0.29) is 17.9 Å². The molecule has 0 unspecified atom stereocenters. The van der Waals surface area contributed by atoms with Gasteiger partial charge in [-0.05, 0) is 37.1 Å². The minimum absolute atomic E-state index is 0.00488. The average Bonchev–Trinajstić information content (AvgIpc) is 3.11. The Morgan fingerprint density at radius 2 is 1.66 bits per heavy atom. The van der Waals surface area contributed by atoms with Gasteiger partial charge >= 0.3 is 6.03 Å². The number of aromatic nitrogens is 2. The Hall–Kier alpha value is -3.35. The molecule has 2 aromatic carbocycles. The van der Waals surface area contributed by atoms with Crippen molar-refractivity contribution in [2.24, 2.45) is 5.92 Å². The summed E-state index contributed by atoms with van der Waals surface area (Å²) in [5.41, 5.74) is 2.72. The van der Waals surface area contributed by atoms with Gasteiger partial charge in [-0.1, -0.05) is 30.3 Å². The third kappa shape index (κ3) is 3.81. The number of hydrogen-bond donors (Lipinski definition) is 1. The molecule has 0 bridgehead atoms. The number of anilines is 1. The van der Waals surface area contributed by atoms with E-state index in [1.807, 2.05) is 59.2 Å². The Morgan fingerprint density at radius 3 is 2.34 bits per heavy atom. The molecule has 0 saturated carbocycles. The van der Waals surface area contributed by atoms with E-state index in [2.05, 4.69) is 10.3 Å². The monoisotopic (exact) mass is 391 g/mol. The highest BCUT2D eigenvalue weighted by molar-refractivity contribution is 5.94. The third-order valence-corrected chi connectivity index (χ3v) is 5.33. The van der Waals surface area contributed by atoms with E-state index in [0.29, 0.717) is 31.9 Å². The summed E-state index contributed by atoms with van der Waals surface area (Å²) < 4.78 is 1.97. The third-order valence-electron chi connectivity index (χ3n) is 5.33. The number of imidazole rings is 1. The summed E-state index contributed by atoms with van der Waals surface area (Å²) in [6.45, 7) is 1.18. The quantitative estimate of drug-likeness (QED) is 0.744. The Bertz CT molecular complexity index is 1020. The number of benzene rings is 2. The van der Waals surface area contributed by atoms with Crippen molar-refractivity contribution in [3.63, 3.8) is 0 Å². The first-order valence-electron chi connectivity index (χ1n) is 9.84. The number of carbonyl (C=O) groups is 2. The zero-order valence-corrected chi connectivity index (χ0v) is 16.7. The maximum Gasteiger partial charge on any atom is 0.319 e. The maximum absolute atomic E-state index is 13.0. The molecule has 7 nitrogen and oxygen atoms in total. The van der Waals surface area contributed by atoms with E-state index in [1.165, 1.54) is 0 Å². The number of urea groups is 1. The van der Waals surface area contributed by atoms with Crippen LogP contribution in [0.2, 0.25) is 0 Å². The highest BCUT2D eigenvalue weighted by Crippen LogP contribution is 2.26. The van der Waals surface area contributed by atoms with E-state index in [1.54, 1.807) is 23.9 Å². The molecule has 1 aliphatic rings. The van der Waals surface area contributed by atoms with Crippen LogP contribution in [0, 0.1) is 5.92 Å². The Morgan fingerprint density at radius 1 is 1.00 bits per heavy atom. The van der Waals surface area contributed by atoms with Crippen LogP contribution < -0.4 is 5.32 Å². The van der Waals surface area contributed by atoms with Gasteiger partial charge in [-0.25, -0.2) is 9.78 Å². The number of piperidine rings is 1. The van der Waals surface area contributed by atoms with Gasteiger partial charge < -0.3 is 9.80 Å². The van der Waals surface area contributed by atoms with Crippen molar-refractivity contribution in [1.82, 2.24) is 19.4 Å². The van der Waals surface area contributed by atoms with Gasteiger partial charge in [0.2, 0.25) is 11.9 Å². The topological polar surface area (TPSA) is 70.5 Å². The minimum atomic E-state index is -0.134. The molecule has 1 saturated heterocycles. The first-order valence-corrected chi connectivity index (χ1v) is 9.84. The van der Waals surface area contributed by atoms with Crippen LogP contribution in [0.4, 0.5) is 10.7 Å². The number of nitrogens with zero attached hydrogens (tertiary/aromatic N) is 4. The molecule has 0 radical (unpaired) electrons. The van der Waals surface area contributed by atoms with Crippen LogP contribution in [0.15, 0.2) is 54.6 Å². The molecular weight excluding hydrogens is 366 g/mol. The summed E-state index contributed by atoms with van der Waals surface area (Å²) in [5.74, 6) is 0.342. The van der Waals surface area contributed by atoms with E-state index < -0.39 is 0 Å². The highest BCUT2D eigenvalue weighted by atomic mass is 16.2. The molecule has 2 heterocycles. The molecule has 4 rings (SSSR count). The lowest BCUT2D eigenvalue weighted by molar-refractivity contribution is -0.121. The smallest absolute Gasteiger partial charge is 0.319 e. The molecule has 1 N–H and O–H groups in total. The second kappa shape index (κ2) is 7.95. The minimum Gasteiger partial charge on any atom is -0.331 e. The maximum atomic E-state index is 13.0. The summed E-state index contributed by atoms with van der Waals surface area (Å²) in [7, 11) is 3.49. The Kier molecular flexibility index (Phi) is 5.20. The van der Waals surface area contributed by atoms with Gasteiger partial charge in [0, 0.05) is 38.8 Å². The van der Waals surface area contributed by atoms with Crippen molar-refractivity contribution >= 4 is 28.9 Å². The van der Waals surface area contributed by atoms with Crippen molar-refractivity contribution in [2.45, 2.75) is 12.8 Å². The Balaban J connectivity index is 1.54. The predicted molar refractivity (Wildman–Crippen MR) is 113 cm³/mol. The van der Waals surface area contributed by atoms with E-state index in [4.69, 9.17) is 0 Å². The van der Waals surface area contributed by atoms with Gasteiger partial charge in [-0.3, -0.25) is 14.7 Å². The van der Waals surface area contributed by atoms with Crippen molar-refractivity contribution in [2.75, 3.05) is 32.5 Å². The summed E-state index contributed by atoms with van der Waals surface area (Å²) >= 11 is 0. The second-order valence-electron chi connectivity index (χ2n) is 7.52. The number of hydrogen-bond acceptors (Lipinski definition) is 3. The number of nitrogens with one attached hydrogen (secondary N) is 1. The fourth-order valence-electron chi connectivity index (χ4n) is 3.78. The summed E-state index contributed by atoms with van der Waals surface area (Å²) in [6.07, 6.45) is 1.30. The van der Waals surface area contributed by atoms with Gasteiger partial charge in [0.15, 0.2) is 0 Å². The number of likely N-dealkylation sites (tertiary alicyclic amines) is 1. The molecule has 150 valence electrons. The van der Waals surface area contributed by atoms with Crippen molar-refractivity contribution in [3.05, 3.63) is 54.6 Å². The number of para-hydroxylation sites is 3. The zero-order valence-electron chi connectivity index (χ0n) is 16.7. The Labute approximate surface area is 169 Å². The number of carbonyl (C=O) groups excluding carboxylic acids is 2. The van der Waals surface area contributed by atoms with Gasteiger partial charge in [0.05, 0.1) is 11.0 Å². The molecule has 1 fully saturated rings. The molecule has 0 aliphatic carbocycles. The van der Waals surface area contributed by atoms with Gasteiger partial charge in [-0.2, -0.15) is 0 Å². The van der Waals surface area contributed by atoms with Crippen LogP contribution in [0.3, 0.4) is 0 Å². The number of rotatable bonds is 3. The van der Waals surface area contributed by atoms with E-state index in [9.17, 15) is 9.59 Å². The van der Waals surface area contributed by atoms with Crippen molar-refractivity contribution in [1.29, 1.82) is 0 Å². The molecule has 0 spiro atoms. The molecule has 3 aromatic rings. The van der Waals surface area contributed by atoms with E-state index in [0.717, 1.165) is 16.7 Å². The predicted octanol–water partition coefficient (Wildman–Crippen LogP) is 3.36. The highest BCUT2D eigenvalue weighted by Gasteiger charge is 2.29. The van der Waals surface area contributed by atoms with Crippen LogP contribution in [-0.4, -0.2) is 58.5 Å². The van der Waals surface area contributed by atoms with Crippen molar-refractivity contribution < 1.29 is 9.59 Å². The van der Waals surface area contributed by atoms with Gasteiger partial charge in [0.25, 0.3) is 0 Å². The van der Waals surface area contributed by atoms with Crippen LogP contribution in [0.1, 0.15) is 12.8 Å². The summed E-state index contributed by atoms with van der Waals surface area (Å²) in [4.78, 5) is 33.1. The lowest BCUT2D eigenvalue weighted by Crippen LogP contribution is -2.45.